The van der Waals surface area contributed by atoms with Gasteiger partial charge in [0.2, 0.25) is 5.79 Å². The van der Waals surface area contributed by atoms with Crippen molar-refractivity contribution in [1.82, 2.24) is 0 Å². The summed E-state index contributed by atoms with van der Waals surface area (Å²) >= 11 is 0. The molecular weight excluding hydrogens is 395 g/mol. The van der Waals surface area contributed by atoms with E-state index in [4.69, 9.17) is 29.5 Å². The first-order chi connectivity index (χ1) is 13.6. The van der Waals surface area contributed by atoms with E-state index in [0.29, 0.717) is 12.8 Å². The summed E-state index contributed by atoms with van der Waals surface area (Å²) < 4.78 is 60.1. The van der Waals surface area contributed by atoms with Crippen LogP contribution >= 0.6 is 0 Å². The Labute approximate surface area is 166 Å². The van der Waals surface area contributed by atoms with Gasteiger partial charge in [-0.1, -0.05) is 19.0 Å². The summed E-state index contributed by atoms with van der Waals surface area (Å²) in [6.07, 6.45) is -3.59. The first kappa shape index (κ1) is 21.1. The highest BCUT2D eigenvalue weighted by Gasteiger charge is 2.77. The molecule has 1 saturated carbocycles. The number of ether oxygens (including phenoxy) is 3. The fourth-order valence-corrected chi connectivity index (χ4v) is 5.77. The number of hydrogen-bond donors (Lipinski definition) is 0. The lowest BCUT2D eigenvalue weighted by Gasteiger charge is -2.62. The molecule has 1 spiro atoms. The van der Waals surface area contributed by atoms with E-state index in [9.17, 15) is 13.2 Å². The molecule has 8 nitrogen and oxygen atoms in total. The lowest BCUT2D eigenvalue weighted by molar-refractivity contribution is -0.598. The predicted octanol–water partition coefficient (Wildman–Crippen LogP) is 4.45. The standard InChI is InChI=1S/C18H26F3N3O5/c1-10-4-5-13-11(2)17(18(19,20)21,25-9-8-23-24-22)27-14-16(13)12(10)6-7-15(3,26-14)28-29-16/h10-14H,4-9H2,1-3H3/t10-,11-,12+,13+,14+,15+,16-,17-/m1/s1. The summed E-state index contributed by atoms with van der Waals surface area (Å²) in [6, 6.07) is 0. The molecule has 0 N–H and O–H groups in total. The van der Waals surface area contributed by atoms with E-state index in [1.54, 1.807) is 6.92 Å². The van der Waals surface area contributed by atoms with Crippen molar-refractivity contribution < 1.29 is 37.2 Å². The first-order valence-electron chi connectivity index (χ1n) is 10.0. The topological polar surface area (TPSA) is 94.9 Å². The van der Waals surface area contributed by atoms with Crippen LogP contribution in [0.15, 0.2) is 5.11 Å². The van der Waals surface area contributed by atoms with Gasteiger partial charge in [0.05, 0.1) is 6.61 Å². The van der Waals surface area contributed by atoms with Crippen molar-refractivity contribution in [1.29, 1.82) is 0 Å². The van der Waals surface area contributed by atoms with Crippen molar-refractivity contribution in [2.45, 2.75) is 76.1 Å². The number of rotatable bonds is 4. The summed E-state index contributed by atoms with van der Waals surface area (Å²) in [5.74, 6) is -5.48. The third kappa shape index (κ3) is 2.97. The molecule has 4 saturated heterocycles. The zero-order valence-corrected chi connectivity index (χ0v) is 16.6. The molecule has 5 fully saturated rings. The maximum absolute atomic E-state index is 14.4. The minimum absolute atomic E-state index is 0.0487. The summed E-state index contributed by atoms with van der Waals surface area (Å²) in [5.41, 5.74) is 7.29. The van der Waals surface area contributed by atoms with Gasteiger partial charge in [0.25, 0.3) is 5.79 Å². The Morgan fingerprint density at radius 1 is 1.14 bits per heavy atom. The van der Waals surface area contributed by atoms with Crippen LogP contribution in [0.4, 0.5) is 13.2 Å². The normalized spacial score (nSPS) is 49.1. The van der Waals surface area contributed by atoms with Crippen molar-refractivity contribution in [3.05, 3.63) is 10.4 Å². The Morgan fingerprint density at radius 2 is 1.90 bits per heavy atom. The van der Waals surface area contributed by atoms with Gasteiger partial charge in [0, 0.05) is 29.7 Å². The highest BCUT2D eigenvalue weighted by Crippen LogP contribution is 2.64. The molecule has 4 heterocycles. The molecule has 5 aliphatic rings. The number of fused-ring (bicyclic) bond motifs is 2. The van der Waals surface area contributed by atoms with E-state index in [1.165, 1.54) is 6.92 Å². The summed E-state index contributed by atoms with van der Waals surface area (Å²) in [6.45, 7) is 4.56. The smallest absolute Gasteiger partial charge is 0.342 e. The molecule has 164 valence electrons. The van der Waals surface area contributed by atoms with Crippen LogP contribution in [0.3, 0.4) is 0 Å². The average molecular weight is 421 g/mol. The number of hydrogen-bond acceptors (Lipinski definition) is 6. The monoisotopic (exact) mass is 421 g/mol. The Morgan fingerprint density at radius 3 is 2.59 bits per heavy atom. The predicted molar refractivity (Wildman–Crippen MR) is 91.8 cm³/mol. The van der Waals surface area contributed by atoms with Crippen molar-refractivity contribution in [3.63, 3.8) is 0 Å². The fraction of sp³-hybridized carbons (Fsp3) is 1.00. The Balaban J connectivity index is 1.76. The van der Waals surface area contributed by atoms with Crippen LogP contribution in [0.1, 0.15) is 46.5 Å². The van der Waals surface area contributed by atoms with Gasteiger partial charge in [-0.15, -0.1) is 0 Å². The molecule has 0 radical (unpaired) electrons. The Bertz CT molecular complexity index is 705. The molecule has 0 aromatic carbocycles. The zero-order valence-electron chi connectivity index (χ0n) is 16.6. The Hall–Kier alpha value is -1.10. The second kappa shape index (κ2) is 6.96. The summed E-state index contributed by atoms with van der Waals surface area (Å²) in [7, 11) is 0. The average Bonchev–Trinajstić information content (AvgIpc) is 2.88. The van der Waals surface area contributed by atoms with E-state index in [-0.39, 0.29) is 18.4 Å². The van der Waals surface area contributed by atoms with E-state index < -0.39 is 48.1 Å². The van der Waals surface area contributed by atoms with E-state index in [0.717, 1.165) is 12.8 Å². The largest absolute Gasteiger partial charge is 0.443 e. The van der Waals surface area contributed by atoms with Gasteiger partial charge >= 0.3 is 6.18 Å². The van der Waals surface area contributed by atoms with Crippen LogP contribution in [0.5, 0.6) is 0 Å². The van der Waals surface area contributed by atoms with Crippen molar-refractivity contribution in [3.8, 4) is 0 Å². The number of alkyl halides is 3. The molecule has 4 aliphatic heterocycles. The van der Waals surface area contributed by atoms with Crippen LogP contribution in [-0.2, 0) is 24.0 Å². The van der Waals surface area contributed by atoms with Crippen LogP contribution in [0, 0.1) is 23.7 Å². The SMILES string of the molecule is C[C@@H]1CC[C@H]2[C@@H](C)[C@](OCCN=[N+]=[N-])(C(F)(F)F)O[C@@H]3O[C@]4(C)CC[C@@H]1[C@]32OO4. The van der Waals surface area contributed by atoms with Crippen LogP contribution < -0.4 is 0 Å². The van der Waals surface area contributed by atoms with Crippen LogP contribution in [0.2, 0.25) is 0 Å². The zero-order chi connectivity index (χ0) is 21.1. The second-order valence-corrected chi connectivity index (χ2v) is 8.78. The van der Waals surface area contributed by atoms with E-state index >= 15 is 0 Å². The minimum Gasteiger partial charge on any atom is -0.342 e. The molecule has 11 heteroatoms. The van der Waals surface area contributed by atoms with Gasteiger partial charge < -0.3 is 14.2 Å². The second-order valence-electron chi connectivity index (χ2n) is 8.78. The van der Waals surface area contributed by atoms with Gasteiger partial charge in [0.1, 0.15) is 0 Å². The van der Waals surface area contributed by atoms with Crippen LogP contribution in [0.25, 0.3) is 10.4 Å². The number of halogens is 3. The Kier molecular flexibility index (Phi) is 5.08. The summed E-state index contributed by atoms with van der Waals surface area (Å²) in [4.78, 5) is 14.0. The third-order valence-electron chi connectivity index (χ3n) is 7.23. The minimum atomic E-state index is -4.82. The summed E-state index contributed by atoms with van der Waals surface area (Å²) in [5, 5.41) is 3.27. The lowest BCUT2D eigenvalue weighted by Crippen LogP contribution is -2.76. The molecule has 0 unspecified atom stereocenters. The van der Waals surface area contributed by atoms with Crippen molar-refractivity contribution >= 4 is 0 Å². The van der Waals surface area contributed by atoms with Crippen molar-refractivity contribution in [2.24, 2.45) is 28.8 Å². The molecule has 29 heavy (non-hydrogen) atoms. The number of azide groups is 1. The quantitative estimate of drug-likeness (QED) is 0.220. The molecule has 0 aromatic rings. The molecule has 0 aromatic heterocycles. The molecule has 1 aliphatic carbocycles. The fourth-order valence-electron chi connectivity index (χ4n) is 5.77. The van der Waals surface area contributed by atoms with Crippen molar-refractivity contribution in [2.75, 3.05) is 13.2 Å². The third-order valence-corrected chi connectivity index (χ3v) is 7.23. The van der Waals surface area contributed by atoms with E-state index in [1.807, 2.05) is 0 Å². The maximum atomic E-state index is 14.4. The highest BCUT2D eigenvalue weighted by molar-refractivity contribution is 5.12. The molecule has 2 bridgehead atoms. The number of nitrogens with zero attached hydrogens (tertiary/aromatic N) is 3. The van der Waals surface area contributed by atoms with Gasteiger partial charge in [-0.2, -0.15) is 13.2 Å². The van der Waals surface area contributed by atoms with Gasteiger partial charge in [0.15, 0.2) is 11.9 Å². The van der Waals surface area contributed by atoms with Gasteiger partial charge in [-0.3, -0.25) is 0 Å². The van der Waals surface area contributed by atoms with Crippen LogP contribution in [-0.4, -0.2) is 42.8 Å². The molecule has 5 rings (SSSR count). The highest BCUT2D eigenvalue weighted by atomic mass is 19.4. The van der Waals surface area contributed by atoms with E-state index in [2.05, 4.69) is 16.9 Å². The molecule has 8 atom stereocenters. The maximum Gasteiger partial charge on any atom is 0.443 e. The first-order valence-corrected chi connectivity index (χ1v) is 10.0. The lowest BCUT2D eigenvalue weighted by atomic mass is 9.57. The van der Waals surface area contributed by atoms with Gasteiger partial charge in [-0.05, 0) is 43.6 Å². The molecule has 0 amide bonds. The van der Waals surface area contributed by atoms with Gasteiger partial charge in [-0.25, -0.2) is 9.78 Å². The molecular formula is C18H26F3N3O5.